The van der Waals surface area contributed by atoms with E-state index < -0.39 is 0 Å². The molecule has 0 aliphatic rings. The quantitative estimate of drug-likeness (QED) is 0.757. The molecule has 16 heavy (non-hydrogen) atoms. The first-order chi connectivity index (χ1) is 7.52. The molecule has 1 heterocycles. The first kappa shape index (κ1) is 11.2. The van der Waals surface area contributed by atoms with Gasteiger partial charge in [0.25, 0.3) is 0 Å². The maximum Gasteiger partial charge on any atom is 0.195 e. The minimum atomic E-state index is 0.0997. The molecule has 86 valence electrons. The Morgan fingerprint density at radius 1 is 1.25 bits per heavy atom. The van der Waals surface area contributed by atoms with Crippen molar-refractivity contribution in [3.05, 3.63) is 29.7 Å². The predicted octanol–water partition coefficient (Wildman–Crippen LogP) is 4.08. The Morgan fingerprint density at radius 3 is 2.62 bits per heavy atom. The second-order valence-electron chi connectivity index (χ2n) is 5.26. The molecule has 2 nitrogen and oxygen atoms in total. The minimum absolute atomic E-state index is 0.0997. The number of nitrogens with zero attached hydrogens (tertiary/aromatic N) is 1. The third-order valence-corrected chi connectivity index (χ3v) is 2.73. The summed E-state index contributed by atoms with van der Waals surface area (Å²) in [4.78, 5) is 4.51. The van der Waals surface area contributed by atoms with Crippen LogP contribution in [0.3, 0.4) is 0 Å². The summed E-state index contributed by atoms with van der Waals surface area (Å²) in [6.45, 7) is 8.73. The van der Waals surface area contributed by atoms with Crippen molar-refractivity contribution in [3.8, 4) is 0 Å². The standard InChI is InChI=1S/C14H19NO/c1-5-7-12-15-11-9-6-8-10(13(11)16-12)14(2,3)4/h6,8-9H,5,7H2,1-4H3. The van der Waals surface area contributed by atoms with Crippen LogP contribution in [-0.2, 0) is 11.8 Å². The molecule has 1 aromatic carbocycles. The summed E-state index contributed by atoms with van der Waals surface area (Å²) in [6, 6.07) is 6.21. The molecule has 0 aliphatic heterocycles. The van der Waals surface area contributed by atoms with Crippen LogP contribution >= 0.6 is 0 Å². The van der Waals surface area contributed by atoms with Crippen LogP contribution in [-0.4, -0.2) is 4.98 Å². The highest BCUT2D eigenvalue weighted by atomic mass is 16.3. The van der Waals surface area contributed by atoms with Crippen LogP contribution in [0.2, 0.25) is 0 Å². The van der Waals surface area contributed by atoms with E-state index >= 15 is 0 Å². The molecule has 2 rings (SSSR count). The summed E-state index contributed by atoms with van der Waals surface area (Å²) in [5.41, 5.74) is 3.27. The van der Waals surface area contributed by atoms with E-state index in [1.807, 2.05) is 6.07 Å². The number of oxazole rings is 1. The van der Waals surface area contributed by atoms with E-state index in [1.54, 1.807) is 0 Å². The number of fused-ring (bicyclic) bond motifs is 1. The van der Waals surface area contributed by atoms with Crippen molar-refractivity contribution >= 4 is 11.1 Å². The average molecular weight is 217 g/mol. The van der Waals surface area contributed by atoms with Crippen molar-refractivity contribution in [2.75, 3.05) is 0 Å². The highest BCUT2D eigenvalue weighted by Gasteiger charge is 2.19. The van der Waals surface area contributed by atoms with Gasteiger partial charge in [0.2, 0.25) is 0 Å². The molecule has 0 radical (unpaired) electrons. The maximum absolute atomic E-state index is 5.85. The number of benzene rings is 1. The number of para-hydroxylation sites is 1. The van der Waals surface area contributed by atoms with Gasteiger partial charge in [0, 0.05) is 12.0 Å². The van der Waals surface area contributed by atoms with Gasteiger partial charge in [-0.25, -0.2) is 4.98 Å². The summed E-state index contributed by atoms with van der Waals surface area (Å²) >= 11 is 0. The highest BCUT2D eigenvalue weighted by molar-refractivity contribution is 5.77. The fraction of sp³-hybridized carbons (Fsp3) is 0.500. The predicted molar refractivity (Wildman–Crippen MR) is 66.7 cm³/mol. The molecule has 0 aliphatic carbocycles. The van der Waals surface area contributed by atoms with Gasteiger partial charge in [-0.1, -0.05) is 39.8 Å². The van der Waals surface area contributed by atoms with Crippen LogP contribution in [0.15, 0.2) is 22.6 Å². The first-order valence-corrected chi connectivity index (χ1v) is 5.91. The Labute approximate surface area is 96.7 Å². The second-order valence-corrected chi connectivity index (χ2v) is 5.26. The van der Waals surface area contributed by atoms with Crippen molar-refractivity contribution in [1.82, 2.24) is 4.98 Å². The molecule has 0 fully saturated rings. The largest absolute Gasteiger partial charge is 0.440 e. The van der Waals surface area contributed by atoms with Gasteiger partial charge >= 0.3 is 0 Å². The van der Waals surface area contributed by atoms with Crippen LogP contribution < -0.4 is 0 Å². The summed E-state index contributed by atoms with van der Waals surface area (Å²) in [6.07, 6.45) is 1.98. The zero-order valence-corrected chi connectivity index (χ0v) is 10.5. The normalized spacial score (nSPS) is 12.2. The Bertz CT molecular complexity index is 491. The lowest BCUT2D eigenvalue weighted by atomic mass is 9.86. The van der Waals surface area contributed by atoms with E-state index in [1.165, 1.54) is 5.56 Å². The fourth-order valence-electron chi connectivity index (χ4n) is 1.91. The van der Waals surface area contributed by atoms with Gasteiger partial charge < -0.3 is 4.42 Å². The minimum Gasteiger partial charge on any atom is -0.440 e. The maximum atomic E-state index is 5.85. The van der Waals surface area contributed by atoms with Crippen LogP contribution in [0, 0.1) is 0 Å². The number of rotatable bonds is 2. The molecule has 0 atom stereocenters. The molecule has 0 N–H and O–H groups in total. The molecule has 2 aromatic rings. The topological polar surface area (TPSA) is 26.0 Å². The lowest BCUT2D eigenvalue weighted by Crippen LogP contribution is -2.10. The molecule has 0 spiro atoms. The Balaban J connectivity index is 2.59. The van der Waals surface area contributed by atoms with Crippen LogP contribution in [0.4, 0.5) is 0 Å². The lowest BCUT2D eigenvalue weighted by Gasteiger charge is -2.18. The average Bonchev–Trinajstić information content (AvgIpc) is 2.58. The molecule has 0 saturated heterocycles. The molecule has 0 bridgehead atoms. The van der Waals surface area contributed by atoms with Crippen LogP contribution in [0.1, 0.15) is 45.6 Å². The van der Waals surface area contributed by atoms with Crippen LogP contribution in [0.25, 0.3) is 11.1 Å². The smallest absolute Gasteiger partial charge is 0.195 e. The fourth-order valence-corrected chi connectivity index (χ4v) is 1.91. The Hall–Kier alpha value is -1.31. The van der Waals surface area contributed by atoms with Crippen LogP contribution in [0.5, 0.6) is 0 Å². The van der Waals surface area contributed by atoms with Gasteiger partial charge in [-0.3, -0.25) is 0 Å². The zero-order valence-electron chi connectivity index (χ0n) is 10.5. The molecule has 0 unspecified atom stereocenters. The summed E-state index contributed by atoms with van der Waals surface area (Å²) in [5, 5.41) is 0. The first-order valence-electron chi connectivity index (χ1n) is 5.91. The van der Waals surface area contributed by atoms with Gasteiger partial charge in [-0.15, -0.1) is 0 Å². The Morgan fingerprint density at radius 2 is 2.00 bits per heavy atom. The SMILES string of the molecule is CCCc1nc2cccc(C(C)(C)C)c2o1. The summed E-state index contributed by atoms with van der Waals surface area (Å²) in [5.74, 6) is 0.856. The van der Waals surface area contributed by atoms with Crippen molar-refractivity contribution in [2.24, 2.45) is 0 Å². The van der Waals surface area contributed by atoms with Gasteiger partial charge in [-0.2, -0.15) is 0 Å². The number of aromatic nitrogens is 1. The second kappa shape index (κ2) is 3.93. The van der Waals surface area contributed by atoms with Crippen molar-refractivity contribution in [3.63, 3.8) is 0 Å². The van der Waals surface area contributed by atoms with E-state index in [0.29, 0.717) is 0 Å². The molecule has 0 saturated carbocycles. The third kappa shape index (κ3) is 1.97. The van der Waals surface area contributed by atoms with Crippen molar-refractivity contribution in [1.29, 1.82) is 0 Å². The number of aryl methyl sites for hydroxylation is 1. The van der Waals surface area contributed by atoms with E-state index in [9.17, 15) is 0 Å². The highest BCUT2D eigenvalue weighted by Crippen LogP contribution is 2.30. The van der Waals surface area contributed by atoms with E-state index in [2.05, 4.69) is 44.8 Å². The molecular weight excluding hydrogens is 198 g/mol. The van der Waals surface area contributed by atoms with Crippen molar-refractivity contribution in [2.45, 2.75) is 46.0 Å². The molecular formula is C14H19NO. The van der Waals surface area contributed by atoms with E-state index in [-0.39, 0.29) is 5.41 Å². The number of hydrogen-bond donors (Lipinski definition) is 0. The molecule has 2 heteroatoms. The molecule has 0 amide bonds. The van der Waals surface area contributed by atoms with Crippen molar-refractivity contribution < 1.29 is 4.42 Å². The monoisotopic (exact) mass is 217 g/mol. The van der Waals surface area contributed by atoms with E-state index in [4.69, 9.17) is 4.42 Å². The number of hydrogen-bond acceptors (Lipinski definition) is 2. The van der Waals surface area contributed by atoms with Gasteiger partial charge in [0.1, 0.15) is 5.52 Å². The third-order valence-electron chi connectivity index (χ3n) is 2.73. The lowest BCUT2D eigenvalue weighted by molar-refractivity contribution is 0.508. The molecule has 1 aromatic heterocycles. The van der Waals surface area contributed by atoms with Gasteiger partial charge in [0.05, 0.1) is 0 Å². The van der Waals surface area contributed by atoms with Gasteiger partial charge in [-0.05, 0) is 17.9 Å². The zero-order chi connectivity index (χ0) is 11.8. The Kier molecular flexibility index (Phi) is 2.75. The summed E-state index contributed by atoms with van der Waals surface area (Å²) in [7, 11) is 0. The summed E-state index contributed by atoms with van der Waals surface area (Å²) < 4.78 is 5.85. The van der Waals surface area contributed by atoms with E-state index in [0.717, 1.165) is 29.8 Å². The van der Waals surface area contributed by atoms with Gasteiger partial charge in [0.15, 0.2) is 11.5 Å².